The van der Waals surface area contributed by atoms with Gasteiger partial charge in [0, 0.05) is 57.4 Å². The fourth-order valence-electron chi connectivity index (χ4n) is 5.59. The maximum atomic E-state index is 13.4. The number of hydrogen-bond donors (Lipinski definition) is 1. The van der Waals surface area contributed by atoms with Crippen molar-refractivity contribution in [2.45, 2.75) is 77.3 Å². The van der Waals surface area contributed by atoms with Crippen molar-refractivity contribution in [1.82, 2.24) is 20.0 Å². The summed E-state index contributed by atoms with van der Waals surface area (Å²) in [7, 11) is 0. The molecule has 2 aromatic rings. The van der Waals surface area contributed by atoms with Gasteiger partial charge in [0.25, 0.3) is 5.91 Å². The van der Waals surface area contributed by atoms with Gasteiger partial charge in [-0.05, 0) is 61.1 Å². The Balaban J connectivity index is 1.27. The first-order chi connectivity index (χ1) is 19.0. The van der Waals surface area contributed by atoms with Crippen LogP contribution in [-0.2, 0) is 13.0 Å². The van der Waals surface area contributed by atoms with Gasteiger partial charge in [-0.1, -0.05) is 63.3 Å². The monoisotopic (exact) mass is 536 g/mol. The molecule has 1 aliphatic heterocycles. The van der Waals surface area contributed by atoms with Crippen molar-refractivity contribution in [3.8, 4) is 0 Å². The van der Waals surface area contributed by atoms with E-state index in [0.717, 1.165) is 62.9 Å². The first-order valence-corrected chi connectivity index (χ1v) is 14.9. The third-order valence-corrected chi connectivity index (χ3v) is 8.12. The topological polar surface area (TPSA) is 55.9 Å². The van der Waals surface area contributed by atoms with Crippen LogP contribution in [-0.4, -0.2) is 71.9 Å². The predicted octanol–water partition coefficient (Wildman–Crippen LogP) is 5.86. The number of unbranched alkanes of at least 4 members (excludes halogenated alkanes) is 2. The lowest BCUT2D eigenvalue weighted by Gasteiger charge is -2.36. The fraction of sp³-hybridized carbons (Fsp3) is 0.562. The zero-order chi connectivity index (χ0) is 27.5. The molecule has 39 heavy (non-hydrogen) atoms. The minimum absolute atomic E-state index is 0.0434. The highest BCUT2D eigenvalue weighted by Crippen LogP contribution is 2.18. The molecule has 0 atom stereocenters. The van der Waals surface area contributed by atoms with E-state index in [4.69, 9.17) is 0 Å². The van der Waals surface area contributed by atoms with Gasteiger partial charge in [0.15, 0.2) is 0 Å². The number of urea groups is 1. The highest BCUT2D eigenvalue weighted by atomic mass is 19.1. The molecule has 6 nitrogen and oxygen atoms in total. The van der Waals surface area contributed by atoms with Crippen LogP contribution >= 0.6 is 0 Å². The molecule has 212 valence electrons. The van der Waals surface area contributed by atoms with E-state index in [2.05, 4.69) is 29.3 Å². The number of carbonyl (C=O) groups is 2. The smallest absolute Gasteiger partial charge is 0.317 e. The molecule has 1 saturated heterocycles. The number of benzene rings is 2. The molecule has 1 heterocycles. The van der Waals surface area contributed by atoms with Crippen LogP contribution in [0.25, 0.3) is 0 Å². The normalized spacial score (nSPS) is 16.7. The Morgan fingerprint density at radius 3 is 2.23 bits per heavy atom. The minimum atomic E-state index is -0.271. The van der Waals surface area contributed by atoms with Crippen LogP contribution < -0.4 is 5.32 Å². The maximum Gasteiger partial charge on any atom is 0.317 e. The zero-order valence-corrected chi connectivity index (χ0v) is 23.5. The number of halogens is 1. The van der Waals surface area contributed by atoms with Crippen molar-refractivity contribution in [3.05, 3.63) is 71.0 Å². The molecular formula is C32H45FN4O2. The summed E-state index contributed by atoms with van der Waals surface area (Å²) in [6, 6.07) is 14.7. The summed E-state index contributed by atoms with van der Waals surface area (Å²) in [6.07, 6.45) is 10.3. The highest BCUT2D eigenvalue weighted by Gasteiger charge is 2.24. The predicted molar refractivity (Wildman–Crippen MR) is 154 cm³/mol. The van der Waals surface area contributed by atoms with Gasteiger partial charge in [-0.15, -0.1) is 0 Å². The van der Waals surface area contributed by atoms with Gasteiger partial charge in [0.2, 0.25) is 0 Å². The Kier molecular flexibility index (Phi) is 11.2. The molecule has 0 aromatic heterocycles. The molecule has 1 saturated carbocycles. The molecular weight excluding hydrogens is 491 g/mol. The largest absolute Gasteiger partial charge is 0.336 e. The van der Waals surface area contributed by atoms with E-state index in [9.17, 15) is 14.0 Å². The second-order valence-electron chi connectivity index (χ2n) is 11.1. The van der Waals surface area contributed by atoms with Crippen LogP contribution in [0.15, 0.2) is 48.5 Å². The molecule has 4 rings (SSSR count). The van der Waals surface area contributed by atoms with Crippen molar-refractivity contribution in [2.75, 3.05) is 39.3 Å². The number of rotatable bonds is 11. The van der Waals surface area contributed by atoms with Gasteiger partial charge in [0.1, 0.15) is 5.82 Å². The molecule has 0 bridgehead atoms. The Morgan fingerprint density at radius 2 is 1.56 bits per heavy atom. The van der Waals surface area contributed by atoms with Crippen LogP contribution in [0.4, 0.5) is 9.18 Å². The SMILES string of the molecule is CCCCCc1ccc(C(=O)N2CCN(CCN(Cc3ccc(F)cc3)C(=O)NC3CCCCC3)CC2)cc1. The average Bonchev–Trinajstić information content (AvgIpc) is 2.97. The van der Waals surface area contributed by atoms with E-state index < -0.39 is 0 Å². The van der Waals surface area contributed by atoms with E-state index >= 15 is 0 Å². The number of amides is 3. The van der Waals surface area contributed by atoms with E-state index in [1.165, 1.54) is 43.4 Å². The minimum Gasteiger partial charge on any atom is -0.336 e. The van der Waals surface area contributed by atoms with Gasteiger partial charge in [0.05, 0.1) is 0 Å². The number of piperazine rings is 1. The Morgan fingerprint density at radius 1 is 0.897 bits per heavy atom. The summed E-state index contributed by atoms with van der Waals surface area (Å²) < 4.78 is 13.4. The first-order valence-electron chi connectivity index (χ1n) is 14.9. The van der Waals surface area contributed by atoms with Crippen molar-refractivity contribution < 1.29 is 14.0 Å². The fourth-order valence-corrected chi connectivity index (χ4v) is 5.59. The van der Waals surface area contributed by atoms with Crippen LogP contribution in [0, 0.1) is 5.82 Å². The van der Waals surface area contributed by atoms with Gasteiger partial charge in [-0.25, -0.2) is 9.18 Å². The second-order valence-corrected chi connectivity index (χ2v) is 11.1. The molecule has 2 aliphatic rings. The van der Waals surface area contributed by atoms with E-state index in [-0.39, 0.29) is 23.8 Å². The van der Waals surface area contributed by atoms with Gasteiger partial charge in [-0.3, -0.25) is 9.69 Å². The number of aryl methyl sites for hydroxylation is 1. The molecule has 2 aromatic carbocycles. The van der Waals surface area contributed by atoms with Crippen molar-refractivity contribution in [3.63, 3.8) is 0 Å². The van der Waals surface area contributed by atoms with Crippen LogP contribution in [0.5, 0.6) is 0 Å². The Bertz CT molecular complexity index is 1030. The van der Waals surface area contributed by atoms with E-state index in [1.54, 1.807) is 12.1 Å². The van der Waals surface area contributed by atoms with Gasteiger partial charge >= 0.3 is 6.03 Å². The number of hydrogen-bond acceptors (Lipinski definition) is 3. The molecule has 3 amide bonds. The van der Waals surface area contributed by atoms with Crippen LogP contribution in [0.3, 0.4) is 0 Å². The average molecular weight is 537 g/mol. The molecule has 2 fully saturated rings. The molecule has 1 N–H and O–H groups in total. The third-order valence-electron chi connectivity index (χ3n) is 8.12. The number of carbonyl (C=O) groups excluding carboxylic acids is 2. The summed E-state index contributed by atoms with van der Waals surface area (Å²) >= 11 is 0. The quantitative estimate of drug-likeness (QED) is 0.366. The lowest BCUT2D eigenvalue weighted by molar-refractivity contribution is 0.0627. The first kappa shape index (κ1) is 29.1. The summed E-state index contributed by atoms with van der Waals surface area (Å²) in [5, 5.41) is 3.24. The van der Waals surface area contributed by atoms with Crippen molar-refractivity contribution >= 4 is 11.9 Å². The number of nitrogens with zero attached hydrogens (tertiary/aromatic N) is 3. The zero-order valence-electron chi connectivity index (χ0n) is 23.5. The van der Waals surface area contributed by atoms with Crippen LogP contribution in [0.1, 0.15) is 79.8 Å². The molecule has 7 heteroatoms. The molecule has 0 radical (unpaired) electrons. The van der Waals surface area contributed by atoms with Crippen LogP contribution in [0.2, 0.25) is 0 Å². The van der Waals surface area contributed by atoms with E-state index in [0.29, 0.717) is 26.2 Å². The maximum absolute atomic E-state index is 13.4. The molecule has 1 aliphatic carbocycles. The second kappa shape index (κ2) is 15.0. The Labute approximate surface area is 233 Å². The number of nitrogens with one attached hydrogen (secondary N) is 1. The molecule has 0 unspecified atom stereocenters. The lowest BCUT2D eigenvalue weighted by Crippen LogP contribution is -2.52. The summed E-state index contributed by atoms with van der Waals surface area (Å²) in [4.78, 5) is 32.4. The third kappa shape index (κ3) is 9.06. The molecule has 0 spiro atoms. The van der Waals surface area contributed by atoms with E-state index in [1.807, 2.05) is 21.9 Å². The van der Waals surface area contributed by atoms with Crippen molar-refractivity contribution in [1.29, 1.82) is 0 Å². The Hall–Kier alpha value is -2.93. The lowest BCUT2D eigenvalue weighted by atomic mass is 9.96. The van der Waals surface area contributed by atoms with Crippen molar-refractivity contribution in [2.24, 2.45) is 0 Å². The highest BCUT2D eigenvalue weighted by molar-refractivity contribution is 5.94. The summed E-state index contributed by atoms with van der Waals surface area (Å²) in [5.41, 5.74) is 2.97. The van der Waals surface area contributed by atoms with Gasteiger partial charge < -0.3 is 15.1 Å². The summed E-state index contributed by atoms with van der Waals surface area (Å²) in [5.74, 6) is -0.174. The standard InChI is InChI=1S/C32H45FN4O2/c1-2-3-5-8-26-11-15-28(16-12-26)31(38)36-22-19-35(20-23-36)21-24-37(25-27-13-17-29(33)18-14-27)32(39)34-30-9-6-4-7-10-30/h11-18,30H,2-10,19-25H2,1H3,(H,34,39). The van der Waals surface area contributed by atoms with Gasteiger partial charge in [-0.2, -0.15) is 0 Å². The summed E-state index contributed by atoms with van der Waals surface area (Å²) in [6.45, 7) is 6.93.